The zero-order chi connectivity index (χ0) is 8.02. The maximum Gasteiger partial charge on any atom is 0.119 e. The molecule has 0 aromatic heterocycles. The Kier molecular flexibility index (Phi) is 1.50. The molecule has 1 spiro atoms. The molecule has 1 aliphatic heterocycles. The molecule has 1 saturated heterocycles. The Balaban J connectivity index is 1.72. The lowest BCUT2D eigenvalue weighted by atomic mass is 9.85. The molecule has 1 heterocycles. The molecular formula is C10H17NO. The van der Waals surface area contributed by atoms with Crippen molar-refractivity contribution in [2.24, 2.45) is 5.92 Å². The summed E-state index contributed by atoms with van der Waals surface area (Å²) in [6.45, 7) is 1.21. The fourth-order valence-electron chi connectivity index (χ4n) is 2.83. The van der Waals surface area contributed by atoms with Gasteiger partial charge < -0.3 is 4.74 Å². The lowest BCUT2D eigenvalue weighted by Crippen LogP contribution is -2.60. The Morgan fingerprint density at radius 1 is 1.17 bits per heavy atom. The van der Waals surface area contributed by atoms with Crippen LogP contribution in [0.1, 0.15) is 38.5 Å². The Bertz CT molecular complexity index is 188. The molecule has 3 aliphatic rings. The molecule has 2 saturated carbocycles. The van der Waals surface area contributed by atoms with Crippen LogP contribution in [0.2, 0.25) is 0 Å². The molecule has 2 unspecified atom stereocenters. The van der Waals surface area contributed by atoms with E-state index in [1.807, 2.05) is 0 Å². The number of hydrogen-bond acceptors (Lipinski definition) is 2. The first kappa shape index (κ1) is 7.34. The normalized spacial score (nSPS) is 44.0. The van der Waals surface area contributed by atoms with Crippen LogP contribution in [0.5, 0.6) is 0 Å². The van der Waals surface area contributed by atoms with Gasteiger partial charge in [0.25, 0.3) is 0 Å². The molecule has 0 bridgehead atoms. The minimum atomic E-state index is 0.144. The van der Waals surface area contributed by atoms with Crippen LogP contribution in [0.3, 0.4) is 0 Å². The molecule has 0 radical (unpaired) electrons. The number of ether oxygens (including phenoxy) is 1. The third-order valence-electron chi connectivity index (χ3n) is 3.81. The highest BCUT2D eigenvalue weighted by Gasteiger charge is 2.46. The molecule has 68 valence electrons. The minimum absolute atomic E-state index is 0.144. The molecule has 0 amide bonds. The summed E-state index contributed by atoms with van der Waals surface area (Å²) in [7, 11) is 0. The Labute approximate surface area is 73.7 Å². The van der Waals surface area contributed by atoms with Gasteiger partial charge in [0.1, 0.15) is 5.72 Å². The highest BCUT2D eigenvalue weighted by atomic mass is 16.5. The van der Waals surface area contributed by atoms with E-state index < -0.39 is 0 Å². The van der Waals surface area contributed by atoms with E-state index in [1.165, 1.54) is 45.1 Å². The summed E-state index contributed by atoms with van der Waals surface area (Å²) in [4.78, 5) is 0. The van der Waals surface area contributed by atoms with E-state index >= 15 is 0 Å². The van der Waals surface area contributed by atoms with E-state index in [-0.39, 0.29) is 5.72 Å². The van der Waals surface area contributed by atoms with Crippen molar-refractivity contribution in [3.05, 3.63) is 0 Å². The zero-order valence-corrected chi connectivity index (χ0v) is 7.51. The molecule has 0 aromatic rings. The van der Waals surface area contributed by atoms with E-state index in [2.05, 4.69) is 5.32 Å². The monoisotopic (exact) mass is 167 g/mol. The fraction of sp³-hybridized carbons (Fsp3) is 1.00. The van der Waals surface area contributed by atoms with E-state index in [0.29, 0.717) is 6.10 Å². The van der Waals surface area contributed by atoms with Crippen molar-refractivity contribution in [2.75, 3.05) is 6.54 Å². The molecule has 2 heteroatoms. The second kappa shape index (κ2) is 2.46. The Hall–Kier alpha value is -0.0800. The predicted octanol–water partition coefficient (Wildman–Crippen LogP) is 1.66. The van der Waals surface area contributed by atoms with E-state index in [4.69, 9.17) is 4.74 Å². The standard InChI is InChI=1S/C10H17NO/c1-3-8-7-11-10(5-2-6-10)12-9(8)4-1/h8-9,11H,1-7H2. The van der Waals surface area contributed by atoms with Crippen LogP contribution in [0.25, 0.3) is 0 Å². The maximum absolute atomic E-state index is 6.12. The van der Waals surface area contributed by atoms with Crippen molar-refractivity contribution < 1.29 is 4.74 Å². The molecule has 2 nitrogen and oxygen atoms in total. The van der Waals surface area contributed by atoms with Gasteiger partial charge in [-0.3, -0.25) is 5.32 Å². The second-order valence-corrected chi connectivity index (χ2v) is 4.58. The van der Waals surface area contributed by atoms with E-state index in [9.17, 15) is 0 Å². The van der Waals surface area contributed by atoms with Gasteiger partial charge >= 0.3 is 0 Å². The van der Waals surface area contributed by atoms with Crippen LogP contribution in [0, 0.1) is 5.92 Å². The Morgan fingerprint density at radius 2 is 2.08 bits per heavy atom. The molecule has 0 aromatic carbocycles. The molecule has 2 atom stereocenters. The maximum atomic E-state index is 6.12. The first-order valence-electron chi connectivity index (χ1n) is 5.31. The van der Waals surface area contributed by atoms with Gasteiger partial charge in [0, 0.05) is 6.54 Å². The molecular weight excluding hydrogens is 150 g/mol. The predicted molar refractivity (Wildman–Crippen MR) is 46.8 cm³/mol. The minimum Gasteiger partial charge on any atom is -0.357 e. The summed E-state index contributed by atoms with van der Waals surface area (Å²) in [5.74, 6) is 0.830. The zero-order valence-electron chi connectivity index (χ0n) is 7.51. The summed E-state index contributed by atoms with van der Waals surface area (Å²) in [5, 5.41) is 3.58. The lowest BCUT2D eigenvalue weighted by molar-refractivity contribution is -0.194. The molecule has 3 fully saturated rings. The van der Waals surface area contributed by atoms with Crippen molar-refractivity contribution in [2.45, 2.75) is 50.4 Å². The molecule has 12 heavy (non-hydrogen) atoms. The summed E-state index contributed by atoms with van der Waals surface area (Å²) in [6, 6.07) is 0. The second-order valence-electron chi connectivity index (χ2n) is 4.58. The average molecular weight is 167 g/mol. The van der Waals surface area contributed by atoms with Gasteiger partial charge in [-0.1, -0.05) is 6.42 Å². The third-order valence-corrected chi connectivity index (χ3v) is 3.81. The summed E-state index contributed by atoms with van der Waals surface area (Å²) in [5.41, 5.74) is 0.144. The summed E-state index contributed by atoms with van der Waals surface area (Å²) in [6.07, 6.45) is 8.53. The largest absolute Gasteiger partial charge is 0.357 e. The van der Waals surface area contributed by atoms with Gasteiger partial charge in [0.15, 0.2) is 0 Å². The van der Waals surface area contributed by atoms with Crippen LogP contribution >= 0.6 is 0 Å². The van der Waals surface area contributed by atoms with Gasteiger partial charge in [0.05, 0.1) is 6.10 Å². The van der Waals surface area contributed by atoms with Crippen LogP contribution in [0.4, 0.5) is 0 Å². The van der Waals surface area contributed by atoms with Crippen molar-refractivity contribution in [1.82, 2.24) is 5.32 Å². The fourth-order valence-corrected chi connectivity index (χ4v) is 2.83. The average Bonchev–Trinajstić information content (AvgIpc) is 2.46. The Morgan fingerprint density at radius 3 is 2.83 bits per heavy atom. The van der Waals surface area contributed by atoms with Crippen molar-refractivity contribution in [1.29, 1.82) is 0 Å². The van der Waals surface area contributed by atoms with Gasteiger partial charge in [-0.2, -0.15) is 0 Å². The highest BCUT2D eigenvalue weighted by molar-refractivity contribution is 4.96. The number of hydrogen-bond donors (Lipinski definition) is 1. The lowest BCUT2D eigenvalue weighted by Gasteiger charge is -2.49. The van der Waals surface area contributed by atoms with Gasteiger partial charge in [0.2, 0.25) is 0 Å². The van der Waals surface area contributed by atoms with Crippen LogP contribution < -0.4 is 5.32 Å². The van der Waals surface area contributed by atoms with E-state index in [1.54, 1.807) is 0 Å². The molecule has 2 aliphatic carbocycles. The van der Waals surface area contributed by atoms with Crippen molar-refractivity contribution >= 4 is 0 Å². The van der Waals surface area contributed by atoms with Gasteiger partial charge in [-0.15, -0.1) is 0 Å². The smallest absolute Gasteiger partial charge is 0.119 e. The van der Waals surface area contributed by atoms with Crippen LogP contribution in [0.15, 0.2) is 0 Å². The first-order valence-corrected chi connectivity index (χ1v) is 5.31. The van der Waals surface area contributed by atoms with E-state index in [0.717, 1.165) is 5.92 Å². The highest BCUT2D eigenvalue weighted by Crippen LogP contribution is 2.42. The van der Waals surface area contributed by atoms with Gasteiger partial charge in [-0.05, 0) is 38.0 Å². The SMILES string of the molecule is C1CC2CNC3(CCC3)OC2C1. The van der Waals surface area contributed by atoms with Gasteiger partial charge in [-0.25, -0.2) is 0 Å². The van der Waals surface area contributed by atoms with Crippen LogP contribution in [-0.4, -0.2) is 18.4 Å². The molecule has 3 rings (SSSR count). The number of rotatable bonds is 0. The third kappa shape index (κ3) is 0.944. The molecule has 1 N–H and O–H groups in total. The van der Waals surface area contributed by atoms with Crippen LogP contribution in [-0.2, 0) is 4.74 Å². The first-order chi connectivity index (χ1) is 5.88. The number of nitrogens with one attached hydrogen (secondary N) is 1. The van der Waals surface area contributed by atoms with Crippen molar-refractivity contribution in [3.63, 3.8) is 0 Å². The topological polar surface area (TPSA) is 21.3 Å². The summed E-state index contributed by atoms with van der Waals surface area (Å²) < 4.78 is 6.12. The van der Waals surface area contributed by atoms with Crippen molar-refractivity contribution in [3.8, 4) is 0 Å². The number of fused-ring (bicyclic) bond motifs is 1. The summed E-state index contributed by atoms with van der Waals surface area (Å²) >= 11 is 0. The quantitative estimate of drug-likeness (QED) is 0.592.